The Bertz CT molecular complexity index is 377. The topological polar surface area (TPSA) is 12.0 Å². The van der Waals surface area contributed by atoms with Gasteiger partial charge in [0, 0.05) is 6.04 Å². The van der Waals surface area contributed by atoms with Crippen LogP contribution in [0.25, 0.3) is 0 Å². The zero-order valence-corrected chi connectivity index (χ0v) is 12.1. The fourth-order valence-electron chi connectivity index (χ4n) is 3.71. The molecule has 0 spiro atoms. The van der Waals surface area contributed by atoms with Gasteiger partial charge in [-0.25, -0.2) is 0 Å². The molecule has 1 aliphatic rings. The standard InChI is InChI=1S/C17H27N/c1-4-17(11-7-8-12-17)16(18-3)13-15-10-6-5-9-14(15)2/h5-6,9-10,16,18H,4,7-8,11-13H2,1-3H3. The molecule has 1 atom stereocenters. The van der Waals surface area contributed by atoms with E-state index >= 15 is 0 Å². The summed E-state index contributed by atoms with van der Waals surface area (Å²) in [6.07, 6.45) is 8.13. The molecule has 2 rings (SSSR count). The molecule has 0 aliphatic heterocycles. The first-order valence-electron chi connectivity index (χ1n) is 7.43. The molecule has 0 radical (unpaired) electrons. The Morgan fingerprint density at radius 2 is 1.89 bits per heavy atom. The Morgan fingerprint density at radius 1 is 1.22 bits per heavy atom. The lowest BCUT2D eigenvalue weighted by molar-refractivity contribution is 0.192. The average molecular weight is 245 g/mol. The molecule has 0 heterocycles. The van der Waals surface area contributed by atoms with Gasteiger partial charge in [0.25, 0.3) is 0 Å². The van der Waals surface area contributed by atoms with Crippen molar-refractivity contribution >= 4 is 0 Å². The summed E-state index contributed by atoms with van der Waals surface area (Å²) in [7, 11) is 2.14. The molecule has 100 valence electrons. The minimum Gasteiger partial charge on any atom is -0.316 e. The number of aryl methyl sites for hydroxylation is 1. The molecule has 0 saturated heterocycles. The molecule has 1 aromatic rings. The maximum Gasteiger partial charge on any atom is 0.0161 e. The molecule has 0 bridgehead atoms. The average Bonchev–Trinajstić information content (AvgIpc) is 2.88. The van der Waals surface area contributed by atoms with Crippen LogP contribution >= 0.6 is 0 Å². The second-order valence-corrected chi connectivity index (χ2v) is 5.89. The van der Waals surface area contributed by atoms with Gasteiger partial charge in [-0.15, -0.1) is 0 Å². The Labute approximate surface area is 112 Å². The number of hydrogen-bond donors (Lipinski definition) is 1. The maximum atomic E-state index is 3.61. The highest BCUT2D eigenvalue weighted by Gasteiger charge is 2.38. The van der Waals surface area contributed by atoms with E-state index in [1.165, 1.54) is 49.7 Å². The third kappa shape index (κ3) is 2.61. The third-order valence-electron chi connectivity index (χ3n) is 5.08. The van der Waals surface area contributed by atoms with Gasteiger partial charge >= 0.3 is 0 Å². The SMILES string of the molecule is CCC1(C(Cc2ccccc2C)NC)CCCC1. The lowest BCUT2D eigenvalue weighted by atomic mass is 9.73. The van der Waals surface area contributed by atoms with E-state index in [1.807, 2.05) is 0 Å². The maximum absolute atomic E-state index is 3.61. The summed E-state index contributed by atoms with van der Waals surface area (Å²) in [6, 6.07) is 9.46. The molecule has 1 unspecified atom stereocenters. The predicted octanol–water partition coefficient (Wildman–Crippen LogP) is 4.10. The van der Waals surface area contributed by atoms with E-state index in [-0.39, 0.29) is 0 Å². The quantitative estimate of drug-likeness (QED) is 0.823. The molecule has 0 amide bonds. The highest BCUT2D eigenvalue weighted by Crippen LogP contribution is 2.44. The van der Waals surface area contributed by atoms with Gasteiger partial charge in [-0.05, 0) is 56.2 Å². The summed E-state index contributed by atoms with van der Waals surface area (Å²) in [5, 5.41) is 3.61. The van der Waals surface area contributed by atoms with Crippen LogP contribution in [-0.2, 0) is 6.42 Å². The van der Waals surface area contributed by atoms with Crippen molar-refractivity contribution in [3.05, 3.63) is 35.4 Å². The van der Waals surface area contributed by atoms with Gasteiger partial charge in [-0.3, -0.25) is 0 Å². The Hall–Kier alpha value is -0.820. The van der Waals surface area contributed by atoms with Crippen LogP contribution in [0, 0.1) is 12.3 Å². The van der Waals surface area contributed by atoms with E-state index in [9.17, 15) is 0 Å². The van der Waals surface area contributed by atoms with Crippen LogP contribution in [0.2, 0.25) is 0 Å². The van der Waals surface area contributed by atoms with E-state index in [4.69, 9.17) is 0 Å². The molecule has 18 heavy (non-hydrogen) atoms. The van der Waals surface area contributed by atoms with Crippen molar-refractivity contribution in [2.45, 2.75) is 58.4 Å². The first-order valence-corrected chi connectivity index (χ1v) is 7.43. The summed E-state index contributed by atoms with van der Waals surface area (Å²) >= 11 is 0. The Balaban J connectivity index is 2.16. The molecule has 1 fully saturated rings. The molecule has 1 nitrogen and oxygen atoms in total. The van der Waals surface area contributed by atoms with Gasteiger partial charge in [-0.2, -0.15) is 0 Å². The summed E-state index contributed by atoms with van der Waals surface area (Å²) in [5.74, 6) is 0. The molecular formula is C17H27N. The van der Waals surface area contributed by atoms with Crippen molar-refractivity contribution in [2.75, 3.05) is 7.05 Å². The molecule has 1 aliphatic carbocycles. The van der Waals surface area contributed by atoms with Crippen LogP contribution in [0.15, 0.2) is 24.3 Å². The fourth-order valence-corrected chi connectivity index (χ4v) is 3.71. The van der Waals surface area contributed by atoms with Crippen molar-refractivity contribution in [1.29, 1.82) is 0 Å². The van der Waals surface area contributed by atoms with Crippen molar-refractivity contribution < 1.29 is 0 Å². The van der Waals surface area contributed by atoms with Crippen LogP contribution in [0.4, 0.5) is 0 Å². The van der Waals surface area contributed by atoms with Gasteiger partial charge in [0.15, 0.2) is 0 Å². The largest absolute Gasteiger partial charge is 0.316 e. The highest BCUT2D eigenvalue weighted by molar-refractivity contribution is 5.27. The van der Waals surface area contributed by atoms with Crippen molar-refractivity contribution in [2.24, 2.45) is 5.41 Å². The zero-order chi connectivity index (χ0) is 13.0. The van der Waals surface area contributed by atoms with Crippen LogP contribution in [0.5, 0.6) is 0 Å². The Kier molecular flexibility index (Phi) is 4.45. The third-order valence-corrected chi connectivity index (χ3v) is 5.08. The lowest BCUT2D eigenvalue weighted by Crippen LogP contribution is -2.43. The van der Waals surface area contributed by atoms with E-state index in [2.05, 4.69) is 50.5 Å². The number of benzene rings is 1. The smallest absolute Gasteiger partial charge is 0.0161 e. The molecular weight excluding hydrogens is 218 g/mol. The number of likely N-dealkylation sites (N-methyl/N-ethyl adjacent to an activating group) is 1. The monoisotopic (exact) mass is 245 g/mol. The van der Waals surface area contributed by atoms with Crippen molar-refractivity contribution in [3.63, 3.8) is 0 Å². The van der Waals surface area contributed by atoms with E-state index in [0.29, 0.717) is 11.5 Å². The predicted molar refractivity (Wildman–Crippen MR) is 78.9 cm³/mol. The van der Waals surface area contributed by atoms with Gasteiger partial charge < -0.3 is 5.32 Å². The van der Waals surface area contributed by atoms with Gasteiger partial charge in [0.2, 0.25) is 0 Å². The number of hydrogen-bond acceptors (Lipinski definition) is 1. The van der Waals surface area contributed by atoms with Gasteiger partial charge in [-0.1, -0.05) is 44.0 Å². The minimum atomic E-state index is 0.539. The molecule has 1 saturated carbocycles. The molecule has 0 aromatic heterocycles. The molecule has 1 N–H and O–H groups in total. The summed E-state index contributed by atoms with van der Waals surface area (Å²) < 4.78 is 0. The van der Waals surface area contributed by atoms with E-state index in [0.717, 1.165) is 0 Å². The minimum absolute atomic E-state index is 0.539. The van der Waals surface area contributed by atoms with Crippen LogP contribution in [0.1, 0.15) is 50.2 Å². The highest BCUT2D eigenvalue weighted by atomic mass is 14.9. The summed E-state index contributed by atoms with van der Waals surface area (Å²) in [4.78, 5) is 0. The van der Waals surface area contributed by atoms with Gasteiger partial charge in [0.1, 0.15) is 0 Å². The molecule has 1 heteroatoms. The Morgan fingerprint density at radius 3 is 2.44 bits per heavy atom. The molecule has 1 aromatic carbocycles. The first-order chi connectivity index (χ1) is 8.72. The second-order valence-electron chi connectivity index (χ2n) is 5.89. The summed E-state index contributed by atoms with van der Waals surface area (Å²) in [5.41, 5.74) is 3.48. The van der Waals surface area contributed by atoms with Crippen LogP contribution in [0.3, 0.4) is 0 Å². The second kappa shape index (κ2) is 5.88. The summed E-state index contributed by atoms with van der Waals surface area (Å²) in [6.45, 7) is 4.60. The normalized spacial score (nSPS) is 19.9. The van der Waals surface area contributed by atoms with Crippen LogP contribution in [-0.4, -0.2) is 13.1 Å². The number of rotatable bonds is 5. The van der Waals surface area contributed by atoms with Crippen molar-refractivity contribution in [3.8, 4) is 0 Å². The number of nitrogens with one attached hydrogen (secondary N) is 1. The lowest BCUT2D eigenvalue weighted by Gasteiger charge is -2.37. The van der Waals surface area contributed by atoms with Crippen molar-refractivity contribution in [1.82, 2.24) is 5.32 Å². The zero-order valence-electron chi connectivity index (χ0n) is 12.1. The van der Waals surface area contributed by atoms with Crippen LogP contribution < -0.4 is 5.32 Å². The van der Waals surface area contributed by atoms with Gasteiger partial charge in [0.05, 0.1) is 0 Å². The van der Waals surface area contributed by atoms with E-state index < -0.39 is 0 Å². The van der Waals surface area contributed by atoms with E-state index in [1.54, 1.807) is 0 Å². The first kappa shape index (κ1) is 13.6. The fraction of sp³-hybridized carbons (Fsp3) is 0.647.